The first-order valence-corrected chi connectivity index (χ1v) is 7.66. The van der Waals surface area contributed by atoms with Crippen LogP contribution in [-0.4, -0.2) is 9.97 Å². The summed E-state index contributed by atoms with van der Waals surface area (Å²) < 4.78 is 51.9. The van der Waals surface area contributed by atoms with E-state index >= 15 is 0 Å². The SMILES string of the molecule is Fc1ccccc1CNc1nccc(Nc2cccc(C(F)(F)F)c2)n1. The Morgan fingerprint density at radius 2 is 1.77 bits per heavy atom. The van der Waals surface area contributed by atoms with E-state index in [1.54, 1.807) is 18.2 Å². The van der Waals surface area contributed by atoms with Crippen molar-refractivity contribution >= 4 is 17.5 Å². The molecule has 0 spiro atoms. The van der Waals surface area contributed by atoms with E-state index in [0.717, 1.165) is 12.1 Å². The minimum atomic E-state index is -4.42. The largest absolute Gasteiger partial charge is 0.416 e. The lowest BCUT2D eigenvalue weighted by Crippen LogP contribution is -2.07. The highest BCUT2D eigenvalue weighted by atomic mass is 19.4. The van der Waals surface area contributed by atoms with Crippen molar-refractivity contribution in [1.82, 2.24) is 9.97 Å². The maximum atomic E-state index is 13.6. The summed E-state index contributed by atoms with van der Waals surface area (Å²) in [5, 5.41) is 5.68. The zero-order chi connectivity index (χ0) is 18.6. The molecule has 3 aromatic rings. The Kier molecular flexibility index (Phi) is 5.01. The van der Waals surface area contributed by atoms with E-state index in [1.165, 1.54) is 30.5 Å². The highest BCUT2D eigenvalue weighted by Crippen LogP contribution is 2.31. The standard InChI is InChI=1S/C18H14F4N4/c19-15-7-2-1-4-12(15)11-24-17-23-9-8-16(26-17)25-14-6-3-5-13(10-14)18(20,21)22/h1-10H,11H2,(H2,23,24,25,26). The van der Waals surface area contributed by atoms with Crippen LogP contribution < -0.4 is 10.6 Å². The van der Waals surface area contributed by atoms with Crippen molar-refractivity contribution in [3.05, 3.63) is 77.7 Å². The molecule has 134 valence electrons. The van der Waals surface area contributed by atoms with Gasteiger partial charge in [0, 0.05) is 24.0 Å². The monoisotopic (exact) mass is 362 g/mol. The number of nitrogens with zero attached hydrogens (tertiary/aromatic N) is 2. The number of hydrogen-bond acceptors (Lipinski definition) is 4. The second-order valence-electron chi connectivity index (χ2n) is 5.41. The number of anilines is 3. The normalized spacial score (nSPS) is 11.2. The molecule has 2 N–H and O–H groups in total. The van der Waals surface area contributed by atoms with E-state index in [2.05, 4.69) is 20.6 Å². The number of halogens is 4. The van der Waals surface area contributed by atoms with Crippen LogP contribution in [-0.2, 0) is 12.7 Å². The third kappa shape index (κ3) is 4.47. The lowest BCUT2D eigenvalue weighted by molar-refractivity contribution is -0.137. The molecule has 0 unspecified atom stereocenters. The zero-order valence-electron chi connectivity index (χ0n) is 13.4. The predicted octanol–water partition coefficient (Wildman–Crippen LogP) is 4.99. The minimum absolute atomic E-state index is 0.180. The maximum absolute atomic E-state index is 13.6. The van der Waals surface area contributed by atoms with Gasteiger partial charge in [-0.1, -0.05) is 24.3 Å². The lowest BCUT2D eigenvalue weighted by atomic mass is 10.2. The molecule has 3 rings (SSSR count). The summed E-state index contributed by atoms with van der Waals surface area (Å²) >= 11 is 0. The van der Waals surface area contributed by atoms with Crippen molar-refractivity contribution in [2.45, 2.75) is 12.7 Å². The van der Waals surface area contributed by atoms with Crippen molar-refractivity contribution in [2.75, 3.05) is 10.6 Å². The van der Waals surface area contributed by atoms with Gasteiger partial charge in [0.25, 0.3) is 0 Å². The molecule has 0 fully saturated rings. The van der Waals surface area contributed by atoms with Crippen molar-refractivity contribution < 1.29 is 17.6 Å². The molecular weight excluding hydrogens is 348 g/mol. The summed E-state index contributed by atoms with van der Waals surface area (Å²) in [7, 11) is 0. The predicted molar refractivity (Wildman–Crippen MR) is 90.5 cm³/mol. The molecular formula is C18H14F4N4. The molecule has 1 aromatic heterocycles. The van der Waals surface area contributed by atoms with E-state index < -0.39 is 11.7 Å². The quantitative estimate of drug-likeness (QED) is 0.628. The van der Waals surface area contributed by atoms with Gasteiger partial charge in [0.15, 0.2) is 0 Å². The van der Waals surface area contributed by atoms with E-state index in [0.29, 0.717) is 11.4 Å². The molecule has 0 radical (unpaired) electrons. The minimum Gasteiger partial charge on any atom is -0.350 e. The second kappa shape index (κ2) is 7.38. The van der Waals surface area contributed by atoms with E-state index in [1.807, 2.05) is 0 Å². The Bertz CT molecular complexity index is 896. The van der Waals surface area contributed by atoms with Crippen LogP contribution in [0.3, 0.4) is 0 Å². The Morgan fingerprint density at radius 3 is 2.54 bits per heavy atom. The highest BCUT2D eigenvalue weighted by Gasteiger charge is 2.30. The molecule has 0 aliphatic carbocycles. The number of benzene rings is 2. The molecule has 0 aliphatic heterocycles. The summed E-state index contributed by atoms with van der Waals surface area (Å²) in [4.78, 5) is 8.19. The Balaban J connectivity index is 1.71. The van der Waals surface area contributed by atoms with Crippen LogP contribution >= 0.6 is 0 Å². The average molecular weight is 362 g/mol. The summed E-state index contributed by atoms with van der Waals surface area (Å²) in [5.41, 5.74) is -0.0552. The third-order valence-electron chi connectivity index (χ3n) is 3.51. The van der Waals surface area contributed by atoms with Crippen LogP contribution in [0, 0.1) is 5.82 Å². The van der Waals surface area contributed by atoms with Gasteiger partial charge in [-0.25, -0.2) is 9.37 Å². The van der Waals surface area contributed by atoms with Crippen molar-refractivity contribution in [3.63, 3.8) is 0 Å². The van der Waals surface area contributed by atoms with Gasteiger partial charge in [0.2, 0.25) is 5.95 Å². The summed E-state index contributed by atoms with van der Waals surface area (Å²) in [5.74, 6) is 0.193. The molecule has 0 atom stereocenters. The van der Waals surface area contributed by atoms with E-state index in [9.17, 15) is 17.6 Å². The average Bonchev–Trinajstić information content (AvgIpc) is 2.61. The van der Waals surface area contributed by atoms with Gasteiger partial charge in [-0.2, -0.15) is 18.2 Å². The van der Waals surface area contributed by atoms with Gasteiger partial charge in [-0.05, 0) is 30.3 Å². The molecule has 1 heterocycles. The lowest BCUT2D eigenvalue weighted by Gasteiger charge is -2.11. The maximum Gasteiger partial charge on any atom is 0.416 e. The van der Waals surface area contributed by atoms with Gasteiger partial charge in [-0.15, -0.1) is 0 Å². The second-order valence-corrected chi connectivity index (χ2v) is 5.41. The van der Waals surface area contributed by atoms with Gasteiger partial charge in [-0.3, -0.25) is 0 Å². The summed E-state index contributed by atoms with van der Waals surface area (Å²) in [6.45, 7) is 0.180. The van der Waals surface area contributed by atoms with Crippen LogP contribution in [0.15, 0.2) is 60.8 Å². The highest BCUT2D eigenvalue weighted by molar-refractivity contribution is 5.58. The van der Waals surface area contributed by atoms with Crippen LogP contribution in [0.1, 0.15) is 11.1 Å². The smallest absolute Gasteiger partial charge is 0.350 e. The summed E-state index contributed by atoms with van der Waals surface area (Å²) in [6, 6.07) is 12.6. The fourth-order valence-corrected chi connectivity index (χ4v) is 2.25. The molecule has 0 aliphatic rings. The molecule has 0 saturated heterocycles. The van der Waals surface area contributed by atoms with Gasteiger partial charge < -0.3 is 10.6 Å². The van der Waals surface area contributed by atoms with Crippen molar-refractivity contribution in [1.29, 1.82) is 0 Å². The first kappa shape index (κ1) is 17.7. The molecule has 8 heteroatoms. The zero-order valence-corrected chi connectivity index (χ0v) is 13.4. The van der Waals surface area contributed by atoms with Crippen LogP contribution in [0.4, 0.5) is 35.0 Å². The molecule has 26 heavy (non-hydrogen) atoms. The number of hydrogen-bond donors (Lipinski definition) is 2. The molecule has 0 saturated carbocycles. The van der Waals surface area contributed by atoms with E-state index in [4.69, 9.17) is 0 Å². The first-order valence-electron chi connectivity index (χ1n) is 7.66. The number of rotatable bonds is 5. The Labute approximate surface area is 146 Å². The molecule has 2 aromatic carbocycles. The summed E-state index contributed by atoms with van der Waals surface area (Å²) in [6.07, 6.45) is -2.97. The first-order chi connectivity index (χ1) is 12.4. The van der Waals surface area contributed by atoms with Crippen LogP contribution in [0.25, 0.3) is 0 Å². The fraction of sp³-hybridized carbons (Fsp3) is 0.111. The van der Waals surface area contributed by atoms with Gasteiger partial charge >= 0.3 is 6.18 Å². The fourth-order valence-electron chi connectivity index (χ4n) is 2.25. The van der Waals surface area contributed by atoms with Crippen LogP contribution in [0.2, 0.25) is 0 Å². The van der Waals surface area contributed by atoms with Gasteiger partial charge in [0.1, 0.15) is 11.6 Å². The third-order valence-corrected chi connectivity index (χ3v) is 3.51. The van der Waals surface area contributed by atoms with E-state index in [-0.39, 0.29) is 24.0 Å². The van der Waals surface area contributed by atoms with Crippen molar-refractivity contribution in [2.24, 2.45) is 0 Å². The molecule has 4 nitrogen and oxygen atoms in total. The topological polar surface area (TPSA) is 49.8 Å². The number of aromatic nitrogens is 2. The Morgan fingerprint density at radius 1 is 0.962 bits per heavy atom. The number of alkyl halides is 3. The van der Waals surface area contributed by atoms with Crippen LogP contribution in [0.5, 0.6) is 0 Å². The molecule has 0 bridgehead atoms. The van der Waals surface area contributed by atoms with Gasteiger partial charge in [0.05, 0.1) is 5.56 Å². The van der Waals surface area contributed by atoms with Crippen molar-refractivity contribution in [3.8, 4) is 0 Å². The number of nitrogens with one attached hydrogen (secondary N) is 2. The molecule has 0 amide bonds. The Hall–Kier alpha value is -3.16.